The van der Waals surface area contributed by atoms with Crippen molar-refractivity contribution >= 4 is 21.6 Å². The van der Waals surface area contributed by atoms with E-state index >= 15 is 0 Å². The summed E-state index contributed by atoms with van der Waals surface area (Å²) in [5, 5.41) is 0.318. The third-order valence-corrected chi connectivity index (χ3v) is 5.09. The second-order valence-electron chi connectivity index (χ2n) is 4.21. The van der Waals surface area contributed by atoms with Gasteiger partial charge >= 0.3 is 0 Å². The molecule has 0 saturated carbocycles. The van der Waals surface area contributed by atoms with Crippen LogP contribution in [0, 0.1) is 0 Å². The van der Waals surface area contributed by atoms with Gasteiger partial charge in [-0.15, -0.1) is 0 Å². The number of methoxy groups -OCH3 is 1. The second-order valence-corrected chi connectivity index (χ2v) is 6.53. The third-order valence-electron chi connectivity index (χ3n) is 2.97. The molecule has 2 heterocycles. The van der Waals surface area contributed by atoms with Crippen molar-refractivity contribution in [3.63, 3.8) is 0 Å². The molecule has 0 bridgehead atoms. The van der Waals surface area contributed by atoms with Gasteiger partial charge in [0.05, 0.1) is 11.6 Å². The lowest BCUT2D eigenvalue weighted by atomic mass is 10.2. The SMILES string of the molecule is COC[C@@H]1CCCN1S(=O)(=O)c1cncc(Cl)c1. The van der Waals surface area contributed by atoms with Gasteiger partial charge in [0.15, 0.2) is 0 Å². The number of pyridine rings is 1. The Morgan fingerprint density at radius 3 is 3.00 bits per heavy atom. The smallest absolute Gasteiger partial charge is 0.244 e. The topological polar surface area (TPSA) is 59.5 Å². The van der Waals surface area contributed by atoms with Crippen LogP contribution in [0.1, 0.15) is 12.8 Å². The number of aromatic nitrogens is 1. The largest absolute Gasteiger partial charge is 0.383 e. The monoisotopic (exact) mass is 290 g/mol. The molecule has 1 saturated heterocycles. The van der Waals surface area contributed by atoms with Crippen molar-refractivity contribution in [2.75, 3.05) is 20.3 Å². The lowest BCUT2D eigenvalue weighted by Crippen LogP contribution is -2.38. The standard InChI is InChI=1S/C11H15ClN2O3S/c1-17-8-10-3-2-4-14(10)18(15,16)11-5-9(12)6-13-7-11/h5-7,10H,2-4,8H2,1H3/t10-/m0/s1. The predicted octanol–water partition coefficient (Wildman–Crippen LogP) is 1.53. The maximum atomic E-state index is 12.4. The fraction of sp³-hybridized carbons (Fsp3) is 0.545. The van der Waals surface area contributed by atoms with Crippen LogP contribution in [0.5, 0.6) is 0 Å². The summed E-state index contributed by atoms with van der Waals surface area (Å²) in [5.74, 6) is 0. The van der Waals surface area contributed by atoms with E-state index in [0.29, 0.717) is 18.2 Å². The van der Waals surface area contributed by atoms with Crippen molar-refractivity contribution in [1.82, 2.24) is 9.29 Å². The molecular formula is C11H15ClN2O3S. The highest BCUT2D eigenvalue weighted by Crippen LogP contribution is 2.26. The minimum absolute atomic E-state index is 0.0982. The van der Waals surface area contributed by atoms with Crippen LogP contribution in [0.15, 0.2) is 23.4 Å². The van der Waals surface area contributed by atoms with E-state index in [-0.39, 0.29) is 10.9 Å². The van der Waals surface area contributed by atoms with Crippen LogP contribution in [-0.2, 0) is 14.8 Å². The number of halogens is 1. The van der Waals surface area contributed by atoms with E-state index < -0.39 is 10.0 Å². The Labute approximate surface area is 112 Å². The Hall–Kier alpha value is -0.690. The van der Waals surface area contributed by atoms with Gasteiger partial charge in [-0.25, -0.2) is 8.42 Å². The summed E-state index contributed by atoms with van der Waals surface area (Å²) < 4.78 is 31.4. The molecule has 0 aromatic carbocycles. The number of nitrogens with zero attached hydrogens (tertiary/aromatic N) is 2. The molecule has 0 radical (unpaired) electrons. The van der Waals surface area contributed by atoms with Crippen LogP contribution < -0.4 is 0 Å². The molecule has 5 nitrogen and oxygen atoms in total. The van der Waals surface area contributed by atoms with Crippen molar-refractivity contribution in [3.8, 4) is 0 Å². The first kappa shape index (κ1) is 13.7. The molecule has 0 unspecified atom stereocenters. The van der Waals surface area contributed by atoms with Crippen molar-refractivity contribution in [1.29, 1.82) is 0 Å². The highest BCUT2D eigenvalue weighted by Gasteiger charge is 2.35. The van der Waals surface area contributed by atoms with E-state index in [9.17, 15) is 8.42 Å². The average Bonchev–Trinajstić information content (AvgIpc) is 2.78. The fourth-order valence-corrected chi connectivity index (χ4v) is 4.06. The predicted molar refractivity (Wildman–Crippen MR) is 68.0 cm³/mol. The molecule has 18 heavy (non-hydrogen) atoms. The molecule has 1 atom stereocenters. The number of hydrogen-bond donors (Lipinski definition) is 0. The van der Waals surface area contributed by atoms with E-state index in [1.54, 1.807) is 7.11 Å². The second kappa shape index (κ2) is 5.52. The van der Waals surface area contributed by atoms with E-state index in [0.717, 1.165) is 12.8 Å². The first-order chi connectivity index (χ1) is 8.55. The number of hydrogen-bond acceptors (Lipinski definition) is 4. The number of ether oxygens (including phenoxy) is 1. The normalized spacial score (nSPS) is 21.3. The number of sulfonamides is 1. The summed E-state index contributed by atoms with van der Waals surface area (Å²) >= 11 is 5.78. The minimum atomic E-state index is -3.53. The van der Waals surface area contributed by atoms with Crippen LogP contribution in [0.3, 0.4) is 0 Å². The van der Waals surface area contributed by atoms with Gasteiger partial charge in [-0.05, 0) is 18.9 Å². The quantitative estimate of drug-likeness (QED) is 0.844. The van der Waals surface area contributed by atoms with Crippen molar-refractivity contribution < 1.29 is 13.2 Å². The van der Waals surface area contributed by atoms with E-state index in [1.807, 2.05) is 0 Å². The van der Waals surface area contributed by atoms with Crippen LogP contribution in [0.2, 0.25) is 5.02 Å². The maximum absolute atomic E-state index is 12.4. The van der Waals surface area contributed by atoms with Gasteiger partial charge < -0.3 is 4.74 Å². The third kappa shape index (κ3) is 2.66. The maximum Gasteiger partial charge on any atom is 0.244 e. The highest BCUT2D eigenvalue weighted by atomic mass is 35.5. The summed E-state index contributed by atoms with van der Waals surface area (Å²) in [7, 11) is -1.95. The van der Waals surface area contributed by atoms with Crippen LogP contribution in [0.25, 0.3) is 0 Å². The summed E-state index contributed by atoms with van der Waals surface area (Å²) in [4.78, 5) is 3.96. The molecule has 100 valence electrons. The van der Waals surface area contributed by atoms with Gasteiger partial charge in [-0.2, -0.15) is 4.31 Å². The van der Waals surface area contributed by atoms with Crippen molar-refractivity contribution in [2.24, 2.45) is 0 Å². The molecule has 1 aliphatic heterocycles. The van der Waals surface area contributed by atoms with Gasteiger partial charge in [0.1, 0.15) is 4.90 Å². The van der Waals surface area contributed by atoms with Gasteiger partial charge in [0.2, 0.25) is 10.0 Å². The summed E-state index contributed by atoms with van der Waals surface area (Å²) in [6.07, 6.45) is 4.41. The number of rotatable bonds is 4. The fourth-order valence-electron chi connectivity index (χ4n) is 2.15. The van der Waals surface area contributed by atoms with E-state index in [2.05, 4.69) is 4.98 Å². The molecule has 2 rings (SSSR count). The van der Waals surface area contributed by atoms with Gasteiger partial charge in [0, 0.05) is 32.1 Å². The highest BCUT2D eigenvalue weighted by molar-refractivity contribution is 7.89. The molecule has 0 N–H and O–H groups in total. The zero-order valence-electron chi connectivity index (χ0n) is 10.0. The van der Waals surface area contributed by atoms with Crippen LogP contribution in [-0.4, -0.2) is 44.0 Å². The molecule has 0 spiro atoms. The lowest BCUT2D eigenvalue weighted by molar-refractivity contribution is 0.149. The Bertz CT molecular complexity index is 521. The average molecular weight is 291 g/mol. The Morgan fingerprint density at radius 1 is 1.56 bits per heavy atom. The summed E-state index contributed by atoms with van der Waals surface area (Å²) in [6, 6.07) is 1.32. The van der Waals surface area contributed by atoms with Crippen LogP contribution >= 0.6 is 11.6 Å². The Balaban J connectivity index is 2.30. The lowest BCUT2D eigenvalue weighted by Gasteiger charge is -2.23. The summed E-state index contributed by atoms with van der Waals surface area (Å²) in [6.45, 7) is 0.927. The van der Waals surface area contributed by atoms with Gasteiger partial charge in [-0.1, -0.05) is 11.6 Å². The van der Waals surface area contributed by atoms with Gasteiger partial charge in [-0.3, -0.25) is 4.98 Å². The molecule has 1 fully saturated rings. The zero-order chi connectivity index (χ0) is 13.2. The summed E-state index contributed by atoms with van der Waals surface area (Å²) in [5.41, 5.74) is 0. The molecule has 0 amide bonds. The molecule has 7 heteroatoms. The Morgan fingerprint density at radius 2 is 2.33 bits per heavy atom. The Kier molecular flexibility index (Phi) is 4.21. The molecule has 1 aromatic heterocycles. The molecular weight excluding hydrogens is 276 g/mol. The minimum Gasteiger partial charge on any atom is -0.383 e. The molecule has 0 aliphatic carbocycles. The van der Waals surface area contributed by atoms with Crippen LogP contribution in [0.4, 0.5) is 0 Å². The first-order valence-electron chi connectivity index (χ1n) is 5.67. The van der Waals surface area contributed by atoms with E-state index in [1.165, 1.54) is 22.8 Å². The zero-order valence-corrected chi connectivity index (χ0v) is 11.6. The van der Waals surface area contributed by atoms with E-state index in [4.69, 9.17) is 16.3 Å². The van der Waals surface area contributed by atoms with Crippen molar-refractivity contribution in [3.05, 3.63) is 23.5 Å². The molecule has 1 aliphatic rings. The first-order valence-corrected chi connectivity index (χ1v) is 7.49. The van der Waals surface area contributed by atoms with Gasteiger partial charge in [0.25, 0.3) is 0 Å². The molecule has 1 aromatic rings. The van der Waals surface area contributed by atoms with Crippen molar-refractivity contribution in [2.45, 2.75) is 23.8 Å².